The maximum absolute atomic E-state index is 11.7. The molecule has 2 aliphatic carbocycles. The third-order valence-electron chi connectivity index (χ3n) is 3.54. The molecule has 0 radical (unpaired) electrons. The van der Waals surface area contributed by atoms with Gasteiger partial charge in [-0.3, -0.25) is 9.59 Å². The molecule has 0 atom stereocenters. The summed E-state index contributed by atoms with van der Waals surface area (Å²) in [7, 11) is 0. The van der Waals surface area contributed by atoms with Gasteiger partial charge in [0, 0.05) is 18.5 Å². The molecule has 1 aromatic rings. The third-order valence-corrected chi connectivity index (χ3v) is 3.54. The first kappa shape index (κ1) is 12.2. The summed E-state index contributed by atoms with van der Waals surface area (Å²) in [6.45, 7) is 0.573. The van der Waals surface area contributed by atoms with E-state index in [9.17, 15) is 9.59 Å². The van der Waals surface area contributed by atoms with Crippen LogP contribution in [0.15, 0.2) is 10.9 Å². The number of carbonyl (C=O) groups is 1. The van der Waals surface area contributed by atoms with Crippen LogP contribution in [0.5, 0.6) is 0 Å². The number of aliphatic carboxylic acids is 1. The van der Waals surface area contributed by atoms with Crippen LogP contribution in [0.1, 0.15) is 37.4 Å². The van der Waals surface area contributed by atoms with Crippen molar-refractivity contribution >= 4 is 11.8 Å². The maximum atomic E-state index is 11.7. The molecule has 1 aromatic heterocycles. The summed E-state index contributed by atoms with van der Waals surface area (Å²) in [6, 6.07) is 1.40. The highest BCUT2D eigenvalue weighted by atomic mass is 16.4. The van der Waals surface area contributed by atoms with Crippen LogP contribution in [0, 0.1) is 5.92 Å². The minimum Gasteiger partial charge on any atom is -0.480 e. The van der Waals surface area contributed by atoms with Crippen LogP contribution >= 0.6 is 0 Å². The lowest BCUT2D eigenvalue weighted by molar-refractivity contribution is -0.135. The summed E-state index contributed by atoms with van der Waals surface area (Å²) >= 11 is 0. The molecule has 3 rings (SSSR count). The smallest absolute Gasteiger partial charge is 0.323 e. The Labute approximate surface area is 110 Å². The minimum absolute atomic E-state index is 0.100. The summed E-state index contributed by atoms with van der Waals surface area (Å²) in [5.74, 6) is 1.20. The van der Waals surface area contributed by atoms with Gasteiger partial charge in [0.1, 0.15) is 18.2 Å². The number of H-pyrrole nitrogens is 1. The van der Waals surface area contributed by atoms with Gasteiger partial charge in [-0.25, -0.2) is 4.98 Å². The van der Waals surface area contributed by atoms with E-state index in [1.54, 1.807) is 4.90 Å². The summed E-state index contributed by atoms with van der Waals surface area (Å²) in [5.41, 5.74) is -0.196. The number of nitrogens with zero attached hydrogens (tertiary/aromatic N) is 2. The second kappa shape index (κ2) is 4.68. The average molecular weight is 263 g/mol. The van der Waals surface area contributed by atoms with Crippen molar-refractivity contribution in [2.45, 2.75) is 31.6 Å². The number of aromatic amines is 1. The second-order valence-corrected chi connectivity index (χ2v) is 5.48. The average Bonchev–Trinajstić information content (AvgIpc) is 3.21. The van der Waals surface area contributed by atoms with Crippen LogP contribution in [0.4, 0.5) is 5.82 Å². The standard InChI is InChI=1S/C13H17N3O3/c17-11-5-10(14-13(15-11)9-3-4-9)16(7-12(18)19)6-8-1-2-8/h5,8-9H,1-4,6-7H2,(H,18,19)(H,14,15,17). The van der Waals surface area contributed by atoms with Crippen LogP contribution in [-0.4, -0.2) is 34.1 Å². The van der Waals surface area contributed by atoms with E-state index in [1.165, 1.54) is 6.07 Å². The predicted molar refractivity (Wildman–Crippen MR) is 69.4 cm³/mol. The van der Waals surface area contributed by atoms with Gasteiger partial charge < -0.3 is 15.0 Å². The highest BCUT2D eigenvalue weighted by Crippen LogP contribution is 2.38. The molecule has 2 aliphatic rings. The summed E-state index contributed by atoms with van der Waals surface area (Å²) in [4.78, 5) is 31.5. The van der Waals surface area contributed by atoms with E-state index in [4.69, 9.17) is 5.11 Å². The van der Waals surface area contributed by atoms with Gasteiger partial charge in [-0.2, -0.15) is 0 Å². The first-order valence-corrected chi connectivity index (χ1v) is 6.70. The molecule has 2 fully saturated rings. The lowest BCUT2D eigenvalue weighted by atomic mass is 10.3. The van der Waals surface area contributed by atoms with E-state index in [-0.39, 0.29) is 12.1 Å². The van der Waals surface area contributed by atoms with Crippen molar-refractivity contribution in [1.29, 1.82) is 0 Å². The molecule has 6 nitrogen and oxygen atoms in total. The number of carboxylic acid groups (broad SMARTS) is 1. The summed E-state index contributed by atoms with van der Waals surface area (Å²) in [6.07, 6.45) is 4.37. The molecule has 0 aliphatic heterocycles. The van der Waals surface area contributed by atoms with Gasteiger partial charge in [0.05, 0.1) is 0 Å². The summed E-state index contributed by atoms with van der Waals surface area (Å²) in [5, 5.41) is 8.98. The molecule has 0 amide bonds. The highest BCUT2D eigenvalue weighted by molar-refractivity contribution is 5.73. The molecule has 0 aromatic carbocycles. The van der Waals surface area contributed by atoms with Gasteiger partial charge >= 0.3 is 5.97 Å². The minimum atomic E-state index is -0.893. The van der Waals surface area contributed by atoms with Crippen molar-refractivity contribution < 1.29 is 9.90 Å². The SMILES string of the molecule is O=C(O)CN(CC1CC1)c1cc(=O)[nH]c(C2CC2)n1. The van der Waals surface area contributed by atoms with Crippen LogP contribution in [0.3, 0.4) is 0 Å². The van der Waals surface area contributed by atoms with Crippen molar-refractivity contribution in [2.24, 2.45) is 5.92 Å². The maximum Gasteiger partial charge on any atom is 0.323 e. The summed E-state index contributed by atoms with van der Waals surface area (Å²) < 4.78 is 0. The highest BCUT2D eigenvalue weighted by Gasteiger charge is 2.29. The Morgan fingerprint density at radius 3 is 2.74 bits per heavy atom. The van der Waals surface area contributed by atoms with Crippen molar-refractivity contribution in [2.75, 3.05) is 18.0 Å². The Bertz CT molecular complexity index is 546. The van der Waals surface area contributed by atoms with E-state index in [2.05, 4.69) is 9.97 Å². The molecule has 2 N–H and O–H groups in total. The van der Waals surface area contributed by atoms with Crippen LogP contribution in [0.2, 0.25) is 0 Å². The Morgan fingerprint density at radius 1 is 1.42 bits per heavy atom. The first-order chi connectivity index (χ1) is 9.11. The fourth-order valence-corrected chi connectivity index (χ4v) is 2.19. The van der Waals surface area contributed by atoms with Crippen molar-refractivity contribution in [3.8, 4) is 0 Å². The molecular weight excluding hydrogens is 246 g/mol. The van der Waals surface area contributed by atoms with Gasteiger partial charge in [-0.05, 0) is 31.6 Å². The van der Waals surface area contributed by atoms with E-state index in [0.717, 1.165) is 25.7 Å². The molecule has 1 heterocycles. The molecule has 0 unspecified atom stereocenters. The number of carboxylic acids is 1. The largest absolute Gasteiger partial charge is 0.480 e. The lowest BCUT2D eigenvalue weighted by Crippen LogP contribution is -2.33. The normalized spacial score (nSPS) is 18.3. The van der Waals surface area contributed by atoms with E-state index < -0.39 is 5.97 Å². The molecular formula is C13H17N3O3. The van der Waals surface area contributed by atoms with Crippen molar-refractivity contribution in [3.05, 3.63) is 22.2 Å². The number of hydrogen-bond acceptors (Lipinski definition) is 4. The fourth-order valence-electron chi connectivity index (χ4n) is 2.19. The Morgan fingerprint density at radius 2 is 2.16 bits per heavy atom. The zero-order valence-corrected chi connectivity index (χ0v) is 10.6. The number of aromatic nitrogens is 2. The Hall–Kier alpha value is -1.85. The predicted octanol–water partition coefficient (Wildman–Crippen LogP) is 0.948. The molecule has 0 saturated heterocycles. The van der Waals surface area contributed by atoms with Gasteiger partial charge in [-0.1, -0.05) is 0 Å². The van der Waals surface area contributed by atoms with Crippen molar-refractivity contribution in [1.82, 2.24) is 9.97 Å². The molecule has 0 spiro atoms. The molecule has 19 heavy (non-hydrogen) atoms. The zero-order chi connectivity index (χ0) is 13.4. The quantitative estimate of drug-likeness (QED) is 0.798. The van der Waals surface area contributed by atoms with Gasteiger partial charge in [0.2, 0.25) is 0 Å². The molecule has 0 bridgehead atoms. The van der Waals surface area contributed by atoms with Gasteiger partial charge in [0.25, 0.3) is 5.56 Å². The molecule has 6 heteroatoms. The number of nitrogens with one attached hydrogen (secondary N) is 1. The zero-order valence-electron chi connectivity index (χ0n) is 10.6. The van der Waals surface area contributed by atoms with Crippen molar-refractivity contribution in [3.63, 3.8) is 0 Å². The monoisotopic (exact) mass is 263 g/mol. The van der Waals surface area contributed by atoms with Crippen LogP contribution < -0.4 is 10.5 Å². The van der Waals surface area contributed by atoms with Gasteiger partial charge in [-0.15, -0.1) is 0 Å². The van der Waals surface area contributed by atoms with E-state index >= 15 is 0 Å². The Balaban J connectivity index is 1.86. The molecule has 102 valence electrons. The lowest BCUT2D eigenvalue weighted by Gasteiger charge is -2.21. The van der Waals surface area contributed by atoms with Crippen LogP contribution in [-0.2, 0) is 4.79 Å². The number of anilines is 1. The topological polar surface area (TPSA) is 86.3 Å². The van der Waals surface area contributed by atoms with Crippen LogP contribution in [0.25, 0.3) is 0 Å². The fraction of sp³-hybridized carbons (Fsp3) is 0.615. The number of rotatable bonds is 6. The van der Waals surface area contributed by atoms with E-state index in [1.807, 2.05) is 0 Å². The Kier molecular flexibility index (Phi) is 3.00. The first-order valence-electron chi connectivity index (χ1n) is 6.70. The van der Waals surface area contributed by atoms with Gasteiger partial charge in [0.15, 0.2) is 0 Å². The van der Waals surface area contributed by atoms with E-state index in [0.29, 0.717) is 30.0 Å². The second-order valence-electron chi connectivity index (χ2n) is 5.48. The molecule has 2 saturated carbocycles. The number of hydrogen-bond donors (Lipinski definition) is 2. The third kappa shape index (κ3) is 3.13.